The van der Waals surface area contributed by atoms with Crippen molar-refractivity contribution >= 4 is 11.8 Å². The van der Waals surface area contributed by atoms with Gasteiger partial charge in [-0.3, -0.25) is 0 Å². The summed E-state index contributed by atoms with van der Waals surface area (Å²) in [5, 5.41) is 20.3. The van der Waals surface area contributed by atoms with Crippen molar-refractivity contribution in [3.8, 4) is 0 Å². The first-order chi connectivity index (χ1) is 7.63. The molecule has 0 spiro atoms. The van der Waals surface area contributed by atoms with Gasteiger partial charge in [-0.05, 0) is 19.8 Å². The number of aromatic nitrogens is 2. The van der Waals surface area contributed by atoms with E-state index in [1.165, 1.54) is 12.4 Å². The van der Waals surface area contributed by atoms with Gasteiger partial charge in [0.05, 0.1) is 12.4 Å². The molecule has 3 N–H and O–H groups in total. The van der Waals surface area contributed by atoms with Crippen LogP contribution < -0.4 is 5.32 Å². The summed E-state index contributed by atoms with van der Waals surface area (Å²) in [6.45, 7) is 2.12. The topological polar surface area (TPSA) is 95.3 Å². The molecule has 0 aliphatic carbocycles. The van der Waals surface area contributed by atoms with Gasteiger partial charge in [0.2, 0.25) is 0 Å². The molecule has 0 fully saturated rings. The zero-order valence-electron chi connectivity index (χ0n) is 9.05. The first kappa shape index (κ1) is 12.4. The van der Waals surface area contributed by atoms with Gasteiger partial charge in [0.1, 0.15) is 5.82 Å². The molecule has 0 aliphatic heterocycles. The third-order valence-electron chi connectivity index (χ3n) is 2.06. The van der Waals surface area contributed by atoms with Gasteiger partial charge in [-0.15, -0.1) is 0 Å². The molecule has 1 atom stereocenters. The second-order valence-electron chi connectivity index (χ2n) is 3.50. The van der Waals surface area contributed by atoms with Crippen molar-refractivity contribution in [1.29, 1.82) is 0 Å². The Morgan fingerprint density at radius 3 is 2.75 bits per heavy atom. The number of anilines is 1. The number of aromatic carboxylic acids is 1. The van der Waals surface area contributed by atoms with Gasteiger partial charge < -0.3 is 15.5 Å². The molecule has 0 radical (unpaired) electrons. The van der Waals surface area contributed by atoms with E-state index in [-0.39, 0.29) is 18.3 Å². The molecule has 0 bridgehead atoms. The van der Waals surface area contributed by atoms with Gasteiger partial charge >= 0.3 is 5.97 Å². The summed E-state index contributed by atoms with van der Waals surface area (Å²) in [5.41, 5.74) is -0.0754. The van der Waals surface area contributed by atoms with Gasteiger partial charge in [0.15, 0.2) is 5.69 Å². The maximum Gasteiger partial charge on any atom is 0.356 e. The lowest BCUT2D eigenvalue weighted by Crippen LogP contribution is -2.17. The second-order valence-corrected chi connectivity index (χ2v) is 3.50. The third-order valence-corrected chi connectivity index (χ3v) is 2.06. The molecule has 6 nitrogen and oxygen atoms in total. The van der Waals surface area contributed by atoms with Crippen LogP contribution >= 0.6 is 0 Å². The molecule has 16 heavy (non-hydrogen) atoms. The van der Waals surface area contributed by atoms with E-state index in [4.69, 9.17) is 10.2 Å². The maximum absolute atomic E-state index is 10.5. The number of nitrogens with one attached hydrogen (secondary N) is 1. The van der Waals surface area contributed by atoms with Crippen LogP contribution in [0, 0.1) is 0 Å². The number of hydrogen-bond acceptors (Lipinski definition) is 5. The predicted molar refractivity (Wildman–Crippen MR) is 58.4 cm³/mol. The minimum absolute atomic E-state index is 0.0754. The molecule has 88 valence electrons. The normalized spacial score (nSPS) is 12.1. The Morgan fingerprint density at radius 1 is 1.50 bits per heavy atom. The van der Waals surface area contributed by atoms with Crippen LogP contribution in [0.25, 0.3) is 0 Å². The highest BCUT2D eigenvalue weighted by Crippen LogP contribution is 2.06. The predicted octanol–water partition coefficient (Wildman–Crippen LogP) is 0.748. The van der Waals surface area contributed by atoms with E-state index < -0.39 is 5.97 Å². The average molecular weight is 225 g/mol. The van der Waals surface area contributed by atoms with Crippen LogP contribution in [-0.2, 0) is 0 Å². The lowest BCUT2D eigenvalue weighted by atomic mass is 10.2. The molecule has 1 rings (SSSR count). The van der Waals surface area contributed by atoms with Gasteiger partial charge in [-0.2, -0.15) is 0 Å². The van der Waals surface area contributed by atoms with Crippen LogP contribution in [0.4, 0.5) is 5.82 Å². The van der Waals surface area contributed by atoms with Crippen LogP contribution in [0.1, 0.15) is 30.3 Å². The number of aliphatic hydroxyl groups is 1. The minimum atomic E-state index is -1.09. The van der Waals surface area contributed by atoms with Gasteiger partial charge in [-0.25, -0.2) is 14.8 Å². The monoisotopic (exact) mass is 225 g/mol. The summed E-state index contributed by atoms with van der Waals surface area (Å²) in [6, 6.07) is 0.164. The fraction of sp³-hybridized carbons (Fsp3) is 0.500. The van der Waals surface area contributed by atoms with E-state index in [1.54, 1.807) is 0 Å². The van der Waals surface area contributed by atoms with Gasteiger partial charge in [-0.1, -0.05) is 0 Å². The molecular weight excluding hydrogens is 210 g/mol. The SMILES string of the molecule is CC(CCCO)Nc1cnc(C(=O)O)cn1. The molecule has 0 amide bonds. The first-order valence-corrected chi connectivity index (χ1v) is 5.06. The molecule has 0 aliphatic rings. The molecule has 0 aromatic carbocycles. The van der Waals surface area contributed by atoms with Crippen molar-refractivity contribution < 1.29 is 15.0 Å². The Hall–Kier alpha value is -1.69. The molecule has 6 heteroatoms. The third kappa shape index (κ3) is 3.82. The van der Waals surface area contributed by atoms with Crippen LogP contribution in [0.15, 0.2) is 12.4 Å². The lowest BCUT2D eigenvalue weighted by Gasteiger charge is -2.13. The Morgan fingerprint density at radius 2 is 2.25 bits per heavy atom. The number of rotatable bonds is 6. The van der Waals surface area contributed by atoms with Crippen LogP contribution in [0.3, 0.4) is 0 Å². The van der Waals surface area contributed by atoms with Crippen LogP contribution in [0.2, 0.25) is 0 Å². The van der Waals surface area contributed by atoms with E-state index >= 15 is 0 Å². The smallest absolute Gasteiger partial charge is 0.356 e. The van der Waals surface area contributed by atoms with Gasteiger partial charge in [0, 0.05) is 12.6 Å². The Bertz CT molecular complexity index is 340. The fourth-order valence-electron chi connectivity index (χ4n) is 1.24. The van der Waals surface area contributed by atoms with Crippen LogP contribution in [0.5, 0.6) is 0 Å². The molecule has 1 aromatic rings. The Balaban J connectivity index is 2.51. The van der Waals surface area contributed by atoms with Crippen molar-refractivity contribution in [2.45, 2.75) is 25.8 Å². The number of nitrogens with zero attached hydrogens (tertiary/aromatic N) is 2. The molecule has 0 saturated carbocycles. The Kier molecular flexibility index (Phi) is 4.65. The first-order valence-electron chi connectivity index (χ1n) is 5.06. The summed E-state index contributed by atoms with van der Waals surface area (Å²) in [6.07, 6.45) is 4.13. The summed E-state index contributed by atoms with van der Waals surface area (Å²) >= 11 is 0. The molecule has 1 unspecified atom stereocenters. The highest BCUT2D eigenvalue weighted by Gasteiger charge is 2.06. The summed E-state index contributed by atoms with van der Waals surface area (Å²) in [4.78, 5) is 18.2. The highest BCUT2D eigenvalue weighted by molar-refractivity contribution is 5.84. The van der Waals surface area contributed by atoms with Gasteiger partial charge in [0.25, 0.3) is 0 Å². The Labute approximate surface area is 93.4 Å². The maximum atomic E-state index is 10.5. The molecular formula is C10H15N3O3. The van der Waals surface area contributed by atoms with E-state index in [9.17, 15) is 4.79 Å². The summed E-state index contributed by atoms with van der Waals surface area (Å²) in [7, 11) is 0. The number of carboxylic acids is 1. The van der Waals surface area contributed by atoms with E-state index in [0.717, 1.165) is 12.8 Å². The molecule has 1 heterocycles. The molecule has 0 saturated heterocycles. The van der Waals surface area contributed by atoms with Crippen molar-refractivity contribution in [2.24, 2.45) is 0 Å². The number of carbonyl (C=O) groups is 1. The van der Waals surface area contributed by atoms with Crippen molar-refractivity contribution in [3.63, 3.8) is 0 Å². The van der Waals surface area contributed by atoms with E-state index in [1.807, 2.05) is 6.92 Å². The average Bonchev–Trinajstić information content (AvgIpc) is 2.27. The molecule has 1 aromatic heterocycles. The standard InChI is InChI=1S/C10H15N3O3/c1-7(3-2-4-14)13-9-6-11-8(5-12-9)10(15)16/h5-7,14H,2-4H2,1H3,(H,12,13)(H,15,16). The summed E-state index contributed by atoms with van der Waals surface area (Å²) in [5.74, 6) is -0.553. The quantitative estimate of drug-likeness (QED) is 0.661. The van der Waals surface area contributed by atoms with Crippen LogP contribution in [-0.4, -0.2) is 38.8 Å². The van der Waals surface area contributed by atoms with Crippen molar-refractivity contribution in [3.05, 3.63) is 18.1 Å². The van der Waals surface area contributed by atoms with Crippen molar-refractivity contribution in [2.75, 3.05) is 11.9 Å². The number of hydrogen-bond donors (Lipinski definition) is 3. The van der Waals surface area contributed by atoms with Crippen molar-refractivity contribution in [1.82, 2.24) is 9.97 Å². The fourth-order valence-corrected chi connectivity index (χ4v) is 1.24. The minimum Gasteiger partial charge on any atom is -0.476 e. The van der Waals surface area contributed by atoms with E-state index in [0.29, 0.717) is 5.82 Å². The number of carboxylic acid groups (broad SMARTS) is 1. The zero-order chi connectivity index (χ0) is 12.0. The van der Waals surface area contributed by atoms with E-state index in [2.05, 4.69) is 15.3 Å². The number of aliphatic hydroxyl groups excluding tert-OH is 1. The lowest BCUT2D eigenvalue weighted by molar-refractivity contribution is 0.0690. The largest absolute Gasteiger partial charge is 0.476 e. The zero-order valence-corrected chi connectivity index (χ0v) is 9.05. The summed E-state index contributed by atoms with van der Waals surface area (Å²) < 4.78 is 0. The second kappa shape index (κ2) is 6.02. The highest BCUT2D eigenvalue weighted by atomic mass is 16.4.